The molecule has 0 radical (unpaired) electrons. The molecule has 4 rings (SSSR count). The lowest BCUT2D eigenvalue weighted by Crippen LogP contribution is -2.20. The van der Waals surface area contributed by atoms with Crippen LogP contribution in [-0.4, -0.2) is 32.0 Å². The number of hydrogen-bond donors (Lipinski definition) is 2. The third-order valence-electron chi connectivity index (χ3n) is 4.30. The van der Waals surface area contributed by atoms with Crippen LogP contribution in [0.15, 0.2) is 88.7 Å². The highest BCUT2D eigenvalue weighted by atomic mass is 32.2. The van der Waals surface area contributed by atoms with Gasteiger partial charge in [0.25, 0.3) is 0 Å². The average molecular weight is 430 g/mol. The second kappa shape index (κ2) is 9.23. The molecule has 0 aliphatic rings. The van der Waals surface area contributed by atoms with Gasteiger partial charge in [0, 0.05) is 20.9 Å². The van der Waals surface area contributed by atoms with Crippen LogP contribution in [0.2, 0.25) is 0 Å². The number of hydrogen-bond acceptors (Lipinski definition) is 6. The topological polar surface area (TPSA) is 116 Å². The normalized spacial score (nSPS) is 10.6. The van der Waals surface area contributed by atoms with E-state index in [-0.39, 0.29) is 12.5 Å². The number of benzene rings is 3. The van der Waals surface area contributed by atoms with Crippen molar-refractivity contribution in [2.75, 3.05) is 5.32 Å². The Hall–Kier alpha value is -3.98. The van der Waals surface area contributed by atoms with Crippen molar-refractivity contribution < 1.29 is 9.59 Å². The van der Waals surface area contributed by atoms with Gasteiger partial charge in [-0.25, -0.2) is 0 Å². The standard InChI is InChI=1S/C22H18N6O2S/c23-21(30)15-10-12-16(13-11-15)22-25-27-28(26-22)14-20(29)24-18-8-4-5-9-19(18)31-17-6-2-1-3-7-17/h1-13H,14H2,(H2,23,30)(H,24,29). The number of aromatic nitrogens is 4. The molecule has 0 fully saturated rings. The van der Waals surface area contributed by atoms with Crippen molar-refractivity contribution >= 4 is 29.3 Å². The zero-order valence-electron chi connectivity index (χ0n) is 16.3. The molecule has 0 bridgehead atoms. The number of tetrazole rings is 1. The van der Waals surface area contributed by atoms with Crippen molar-refractivity contribution in [3.8, 4) is 11.4 Å². The molecular weight excluding hydrogens is 412 g/mol. The fourth-order valence-electron chi connectivity index (χ4n) is 2.80. The zero-order chi connectivity index (χ0) is 21.6. The molecule has 0 saturated heterocycles. The molecule has 1 aromatic heterocycles. The number of para-hydroxylation sites is 1. The van der Waals surface area contributed by atoms with E-state index >= 15 is 0 Å². The van der Waals surface area contributed by atoms with Crippen LogP contribution in [0.25, 0.3) is 11.4 Å². The van der Waals surface area contributed by atoms with E-state index in [1.165, 1.54) is 4.80 Å². The Labute approximate surface area is 182 Å². The van der Waals surface area contributed by atoms with Crippen LogP contribution in [-0.2, 0) is 11.3 Å². The SMILES string of the molecule is NC(=O)c1ccc(-c2nnn(CC(=O)Nc3ccccc3Sc3ccccc3)n2)cc1. The smallest absolute Gasteiger partial charge is 0.248 e. The Bertz CT molecular complexity index is 1210. The molecule has 3 N–H and O–H groups in total. The first-order valence-electron chi connectivity index (χ1n) is 9.38. The van der Waals surface area contributed by atoms with Crippen molar-refractivity contribution in [2.45, 2.75) is 16.3 Å². The van der Waals surface area contributed by atoms with Crippen molar-refractivity contribution in [1.82, 2.24) is 20.2 Å². The highest BCUT2D eigenvalue weighted by Gasteiger charge is 2.12. The van der Waals surface area contributed by atoms with Gasteiger partial charge in [-0.15, -0.1) is 10.2 Å². The molecule has 31 heavy (non-hydrogen) atoms. The summed E-state index contributed by atoms with van der Waals surface area (Å²) in [5.74, 6) is -0.427. The van der Waals surface area contributed by atoms with Gasteiger partial charge >= 0.3 is 0 Å². The van der Waals surface area contributed by atoms with Gasteiger partial charge < -0.3 is 11.1 Å². The molecule has 4 aromatic rings. The van der Waals surface area contributed by atoms with E-state index in [9.17, 15) is 9.59 Å². The number of nitrogens with one attached hydrogen (secondary N) is 1. The molecule has 0 aliphatic carbocycles. The highest BCUT2D eigenvalue weighted by molar-refractivity contribution is 7.99. The van der Waals surface area contributed by atoms with Gasteiger partial charge in [-0.05, 0) is 41.6 Å². The van der Waals surface area contributed by atoms with Gasteiger partial charge in [-0.3, -0.25) is 9.59 Å². The van der Waals surface area contributed by atoms with E-state index in [4.69, 9.17) is 5.73 Å². The van der Waals surface area contributed by atoms with Crippen molar-refractivity contribution in [1.29, 1.82) is 0 Å². The maximum Gasteiger partial charge on any atom is 0.248 e. The molecule has 9 heteroatoms. The number of anilines is 1. The minimum absolute atomic E-state index is 0.0866. The summed E-state index contributed by atoms with van der Waals surface area (Å²) in [6.07, 6.45) is 0. The molecule has 8 nitrogen and oxygen atoms in total. The Morgan fingerprint density at radius 3 is 2.39 bits per heavy atom. The van der Waals surface area contributed by atoms with Crippen LogP contribution in [0.3, 0.4) is 0 Å². The van der Waals surface area contributed by atoms with Crippen molar-refractivity contribution in [3.05, 3.63) is 84.4 Å². The summed E-state index contributed by atoms with van der Waals surface area (Å²) in [7, 11) is 0. The predicted octanol–water partition coefficient (Wildman–Crippen LogP) is 3.23. The van der Waals surface area contributed by atoms with Crippen LogP contribution >= 0.6 is 11.8 Å². The summed E-state index contributed by atoms with van der Waals surface area (Å²) in [5.41, 5.74) is 7.02. The lowest BCUT2D eigenvalue weighted by Gasteiger charge is -2.10. The summed E-state index contributed by atoms with van der Waals surface area (Å²) in [6.45, 7) is -0.0866. The maximum atomic E-state index is 12.6. The van der Waals surface area contributed by atoms with E-state index in [2.05, 4.69) is 20.7 Å². The first-order valence-corrected chi connectivity index (χ1v) is 10.2. The molecule has 2 amide bonds. The zero-order valence-corrected chi connectivity index (χ0v) is 17.1. The quantitative estimate of drug-likeness (QED) is 0.465. The van der Waals surface area contributed by atoms with Crippen LogP contribution < -0.4 is 11.1 Å². The van der Waals surface area contributed by atoms with Crippen LogP contribution in [0.5, 0.6) is 0 Å². The number of amides is 2. The fraction of sp³-hybridized carbons (Fsp3) is 0.0455. The Morgan fingerprint density at radius 1 is 0.935 bits per heavy atom. The van der Waals surface area contributed by atoms with E-state index in [0.717, 1.165) is 9.79 Å². The number of carbonyl (C=O) groups is 2. The summed E-state index contributed by atoms with van der Waals surface area (Å²) in [4.78, 5) is 27.0. The maximum absolute atomic E-state index is 12.6. The number of primary amides is 1. The second-order valence-electron chi connectivity index (χ2n) is 6.54. The molecule has 154 valence electrons. The second-order valence-corrected chi connectivity index (χ2v) is 7.66. The minimum Gasteiger partial charge on any atom is -0.366 e. The Kier molecular flexibility index (Phi) is 6.04. The molecule has 0 spiro atoms. The van der Waals surface area contributed by atoms with Crippen molar-refractivity contribution in [3.63, 3.8) is 0 Å². The van der Waals surface area contributed by atoms with Crippen LogP contribution in [0, 0.1) is 0 Å². The lowest BCUT2D eigenvalue weighted by atomic mass is 10.1. The summed E-state index contributed by atoms with van der Waals surface area (Å²) in [6, 6.07) is 24.1. The molecule has 0 aliphatic heterocycles. The molecule has 0 unspecified atom stereocenters. The minimum atomic E-state index is -0.509. The third-order valence-corrected chi connectivity index (χ3v) is 5.38. The van der Waals surface area contributed by atoms with E-state index in [1.54, 1.807) is 36.0 Å². The molecule has 1 heterocycles. The molecule has 0 atom stereocenters. The van der Waals surface area contributed by atoms with Crippen LogP contribution in [0.1, 0.15) is 10.4 Å². The summed E-state index contributed by atoms with van der Waals surface area (Å²) < 4.78 is 0. The first-order chi connectivity index (χ1) is 15.1. The van der Waals surface area contributed by atoms with Gasteiger partial charge in [0.2, 0.25) is 17.6 Å². The van der Waals surface area contributed by atoms with Gasteiger partial charge in [-0.1, -0.05) is 54.2 Å². The summed E-state index contributed by atoms with van der Waals surface area (Å²) in [5, 5.41) is 15.1. The fourth-order valence-corrected chi connectivity index (χ4v) is 3.72. The Balaban J connectivity index is 1.42. The number of nitrogens with two attached hydrogens (primary N) is 1. The average Bonchev–Trinajstić information content (AvgIpc) is 3.24. The van der Waals surface area contributed by atoms with E-state index in [0.29, 0.717) is 22.6 Å². The monoisotopic (exact) mass is 430 g/mol. The van der Waals surface area contributed by atoms with Gasteiger partial charge in [0.15, 0.2) is 0 Å². The van der Waals surface area contributed by atoms with E-state index in [1.807, 2.05) is 54.6 Å². The molecule has 0 saturated carbocycles. The third kappa shape index (κ3) is 5.14. The van der Waals surface area contributed by atoms with Gasteiger partial charge in [0.1, 0.15) is 6.54 Å². The van der Waals surface area contributed by atoms with Crippen LogP contribution in [0.4, 0.5) is 5.69 Å². The van der Waals surface area contributed by atoms with E-state index < -0.39 is 5.91 Å². The number of rotatable bonds is 7. The number of carbonyl (C=O) groups excluding carboxylic acids is 2. The largest absolute Gasteiger partial charge is 0.366 e. The Morgan fingerprint density at radius 2 is 1.65 bits per heavy atom. The van der Waals surface area contributed by atoms with Gasteiger partial charge in [0.05, 0.1) is 5.69 Å². The summed E-state index contributed by atoms with van der Waals surface area (Å²) >= 11 is 1.57. The molecule has 3 aromatic carbocycles. The highest BCUT2D eigenvalue weighted by Crippen LogP contribution is 2.33. The molecular formula is C22H18N6O2S. The van der Waals surface area contributed by atoms with Crippen molar-refractivity contribution in [2.24, 2.45) is 5.73 Å². The lowest BCUT2D eigenvalue weighted by molar-refractivity contribution is -0.117. The number of nitrogens with zero attached hydrogens (tertiary/aromatic N) is 4. The van der Waals surface area contributed by atoms with Gasteiger partial charge in [-0.2, -0.15) is 4.80 Å². The first kappa shape index (κ1) is 20.3. The predicted molar refractivity (Wildman–Crippen MR) is 117 cm³/mol.